The van der Waals surface area contributed by atoms with Crippen LogP contribution in [-0.4, -0.2) is 18.4 Å². The molecule has 7 heteroatoms. The topological polar surface area (TPSA) is 85.6 Å². The largest absolute Gasteiger partial charge is 0.464 e. The lowest BCUT2D eigenvalue weighted by molar-refractivity contribution is -0.140. The summed E-state index contributed by atoms with van der Waals surface area (Å²) in [6.07, 6.45) is 3.77. The fourth-order valence-corrected chi connectivity index (χ4v) is 5.79. The number of fused-ring (bicyclic) bond motifs is 2. The molecule has 3 aromatic rings. The monoisotopic (exact) mass is 489 g/mol. The summed E-state index contributed by atoms with van der Waals surface area (Å²) >= 11 is 1.61. The van der Waals surface area contributed by atoms with Crippen molar-refractivity contribution in [2.45, 2.75) is 39.0 Å². The molecule has 0 radical (unpaired) electrons. The molecule has 180 valence electrons. The molecule has 0 spiro atoms. The van der Waals surface area contributed by atoms with E-state index in [0.717, 1.165) is 10.6 Å². The summed E-state index contributed by atoms with van der Waals surface area (Å²) in [5.74, 6) is -1.92. The Morgan fingerprint density at radius 2 is 1.97 bits per heavy atom. The Hall–Kier alpha value is -3.45. The van der Waals surface area contributed by atoms with Gasteiger partial charge in [0.05, 0.1) is 29.7 Å². The van der Waals surface area contributed by atoms with E-state index in [4.69, 9.17) is 9.15 Å². The Balaban J connectivity index is 1.67. The van der Waals surface area contributed by atoms with Crippen molar-refractivity contribution in [3.05, 3.63) is 91.7 Å². The smallest absolute Gasteiger partial charge is 0.336 e. The Morgan fingerprint density at radius 1 is 1.17 bits per heavy atom. The molecule has 1 aliphatic carbocycles. The number of carbonyl (C=O) groups is 2. The van der Waals surface area contributed by atoms with Crippen molar-refractivity contribution in [2.24, 2.45) is 11.8 Å². The van der Waals surface area contributed by atoms with Crippen molar-refractivity contribution in [3.8, 4) is 0 Å². The summed E-state index contributed by atoms with van der Waals surface area (Å²) < 4.78 is 11.4. The Labute approximate surface area is 207 Å². The lowest BCUT2D eigenvalue weighted by atomic mass is 9.69. The second kappa shape index (κ2) is 9.30. The molecule has 5 rings (SSSR count). The number of Topliss-reactive ketones (excluding diaryl/α,β-unsaturated/α-hetero) is 1. The molecule has 3 heterocycles. The molecule has 6 nitrogen and oxygen atoms in total. The second-order valence-corrected chi connectivity index (χ2v) is 10.5. The molecule has 3 atom stereocenters. The van der Waals surface area contributed by atoms with Crippen molar-refractivity contribution in [1.82, 2.24) is 5.32 Å². The fourth-order valence-electron chi connectivity index (χ4n) is 4.99. The maximum absolute atomic E-state index is 13.7. The van der Waals surface area contributed by atoms with Gasteiger partial charge in [-0.3, -0.25) is 9.59 Å². The Kier molecular flexibility index (Phi) is 6.19. The van der Waals surface area contributed by atoms with E-state index in [1.165, 1.54) is 6.26 Å². The van der Waals surface area contributed by atoms with Crippen LogP contribution in [-0.2, 0) is 14.3 Å². The van der Waals surface area contributed by atoms with Crippen LogP contribution < -0.4 is 10.7 Å². The van der Waals surface area contributed by atoms with Crippen LogP contribution >= 0.6 is 11.3 Å². The van der Waals surface area contributed by atoms with Gasteiger partial charge in [0.1, 0.15) is 11.4 Å². The third-order valence-electron chi connectivity index (χ3n) is 6.58. The van der Waals surface area contributed by atoms with Gasteiger partial charge < -0.3 is 14.5 Å². The van der Waals surface area contributed by atoms with E-state index in [1.54, 1.807) is 42.5 Å². The summed E-state index contributed by atoms with van der Waals surface area (Å²) in [4.78, 5) is 41.7. The number of para-hydroxylation sites is 1. The van der Waals surface area contributed by atoms with Gasteiger partial charge in [-0.15, -0.1) is 11.3 Å². The fraction of sp³-hybridized carbons (Fsp3) is 0.321. The van der Waals surface area contributed by atoms with Crippen LogP contribution in [0.25, 0.3) is 11.0 Å². The molecule has 0 bridgehead atoms. The predicted molar refractivity (Wildman–Crippen MR) is 135 cm³/mol. The van der Waals surface area contributed by atoms with Crippen molar-refractivity contribution >= 4 is 34.1 Å². The van der Waals surface area contributed by atoms with Gasteiger partial charge in [0.25, 0.3) is 0 Å². The van der Waals surface area contributed by atoms with Gasteiger partial charge in [0.2, 0.25) is 0 Å². The van der Waals surface area contributed by atoms with Crippen LogP contribution in [0.1, 0.15) is 49.5 Å². The Morgan fingerprint density at radius 3 is 2.71 bits per heavy atom. The minimum atomic E-state index is -0.792. The van der Waals surface area contributed by atoms with Crippen LogP contribution in [0.3, 0.4) is 0 Å². The number of ketones is 1. The molecular formula is C28H27NO5S. The molecule has 0 fully saturated rings. The quantitative estimate of drug-likeness (QED) is 0.492. The van der Waals surface area contributed by atoms with Crippen molar-refractivity contribution in [2.75, 3.05) is 6.61 Å². The molecule has 0 saturated heterocycles. The predicted octanol–water partition coefficient (Wildman–Crippen LogP) is 5.27. The van der Waals surface area contributed by atoms with E-state index >= 15 is 0 Å². The number of benzene rings is 1. The minimum Gasteiger partial charge on any atom is -0.464 e. The SMILES string of the molecule is CC1=C(C(=O)OCC(C)C)C(c2coc3ccccc3c2=O)C2C(=O)CC(c3cccs3)C=C2N1. The average Bonchev–Trinajstić information content (AvgIpc) is 3.37. The molecule has 2 aromatic heterocycles. The zero-order chi connectivity index (χ0) is 24.7. The number of nitrogens with one attached hydrogen (secondary N) is 1. The Bertz CT molecular complexity index is 1410. The highest BCUT2D eigenvalue weighted by Crippen LogP contribution is 2.46. The van der Waals surface area contributed by atoms with Crippen molar-refractivity contribution in [1.29, 1.82) is 0 Å². The molecular weight excluding hydrogens is 462 g/mol. The van der Waals surface area contributed by atoms with Gasteiger partial charge in [-0.25, -0.2) is 4.79 Å². The summed E-state index contributed by atoms with van der Waals surface area (Å²) in [7, 11) is 0. The number of rotatable bonds is 5. The summed E-state index contributed by atoms with van der Waals surface area (Å²) in [5, 5.41) is 5.72. The van der Waals surface area contributed by atoms with E-state index in [1.807, 2.05) is 31.4 Å². The molecule has 3 unspecified atom stereocenters. The van der Waals surface area contributed by atoms with Gasteiger partial charge in [0, 0.05) is 40.1 Å². The zero-order valence-corrected chi connectivity index (χ0v) is 20.7. The highest BCUT2D eigenvalue weighted by atomic mass is 32.1. The number of carbonyl (C=O) groups excluding carboxylic acids is 2. The first-order valence-corrected chi connectivity index (χ1v) is 12.7. The van der Waals surface area contributed by atoms with Crippen LogP contribution in [0.2, 0.25) is 0 Å². The maximum atomic E-state index is 13.7. The molecule has 1 aliphatic heterocycles. The van der Waals surface area contributed by atoms with E-state index in [-0.39, 0.29) is 29.7 Å². The van der Waals surface area contributed by atoms with Gasteiger partial charge in [0.15, 0.2) is 5.43 Å². The second-order valence-electron chi connectivity index (χ2n) is 9.54. The molecule has 2 aliphatic rings. The van der Waals surface area contributed by atoms with Crippen LogP contribution in [0.15, 0.2) is 80.3 Å². The summed E-state index contributed by atoms with van der Waals surface area (Å²) in [6.45, 7) is 5.95. The van der Waals surface area contributed by atoms with Crippen LogP contribution in [0.5, 0.6) is 0 Å². The normalized spacial score (nSPS) is 22.1. The van der Waals surface area contributed by atoms with Crippen LogP contribution in [0.4, 0.5) is 0 Å². The maximum Gasteiger partial charge on any atom is 0.336 e. The molecule has 35 heavy (non-hydrogen) atoms. The molecule has 0 amide bonds. The highest BCUT2D eigenvalue weighted by Gasteiger charge is 2.46. The highest BCUT2D eigenvalue weighted by molar-refractivity contribution is 7.10. The molecule has 1 aromatic carbocycles. The van der Waals surface area contributed by atoms with E-state index < -0.39 is 17.8 Å². The number of ether oxygens (including phenoxy) is 1. The molecule has 1 N–H and O–H groups in total. The van der Waals surface area contributed by atoms with Crippen molar-refractivity contribution < 1.29 is 18.7 Å². The van der Waals surface area contributed by atoms with Crippen molar-refractivity contribution in [3.63, 3.8) is 0 Å². The number of esters is 1. The standard InChI is InChI=1S/C28H27NO5S/c1-15(2)13-34-28(32)24-16(3)29-20-11-17(23-9-6-10-35-23)12-21(30)26(20)25(24)19-14-33-22-8-5-4-7-18(22)27(19)31/h4-11,14-15,17,25-26,29H,12-13H2,1-3H3. The first-order valence-electron chi connectivity index (χ1n) is 11.8. The first kappa shape index (κ1) is 23.3. The number of thiophene rings is 1. The van der Waals surface area contributed by atoms with Gasteiger partial charge in [-0.05, 0) is 36.4 Å². The van der Waals surface area contributed by atoms with E-state index in [9.17, 15) is 14.4 Å². The third-order valence-corrected chi connectivity index (χ3v) is 7.59. The van der Waals surface area contributed by atoms with Gasteiger partial charge in [-0.2, -0.15) is 0 Å². The number of hydrogen-bond donors (Lipinski definition) is 1. The van der Waals surface area contributed by atoms with Gasteiger partial charge >= 0.3 is 5.97 Å². The average molecular weight is 490 g/mol. The number of hydrogen-bond acceptors (Lipinski definition) is 7. The molecule has 0 saturated carbocycles. The minimum absolute atomic E-state index is 0.0207. The lowest BCUT2D eigenvalue weighted by Crippen LogP contribution is -2.43. The lowest BCUT2D eigenvalue weighted by Gasteiger charge is -2.39. The zero-order valence-electron chi connectivity index (χ0n) is 19.9. The van der Waals surface area contributed by atoms with E-state index in [2.05, 4.69) is 11.4 Å². The van der Waals surface area contributed by atoms with E-state index in [0.29, 0.717) is 34.2 Å². The first-order chi connectivity index (χ1) is 16.8. The summed E-state index contributed by atoms with van der Waals surface area (Å²) in [5.41, 5.74) is 2.11. The van der Waals surface area contributed by atoms with Gasteiger partial charge in [-0.1, -0.05) is 38.1 Å². The third kappa shape index (κ3) is 4.25. The number of allylic oxidation sites excluding steroid dienone is 3. The summed E-state index contributed by atoms with van der Waals surface area (Å²) in [6, 6.07) is 11.0. The van der Waals surface area contributed by atoms with Crippen LogP contribution in [0, 0.1) is 11.8 Å².